The van der Waals surface area contributed by atoms with E-state index in [4.69, 9.17) is 33.7 Å². The highest BCUT2D eigenvalue weighted by Gasteiger charge is 2.22. The van der Waals surface area contributed by atoms with Crippen LogP contribution in [-0.4, -0.2) is 45.2 Å². The summed E-state index contributed by atoms with van der Waals surface area (Å²) in [4.78, 5) is 0. The molecule has 3 rings (SSSR count). The van der Waals surface area contributed by atoms with E-state index < -0.39 is 0 Å². The number of anilines is 1. The summed E-state index contributed by atoms with van der Waals surface area (Å²) in [7, 11) is 1.58. The van der Waals surface area contributed by atoms with Crippen LogP contribution in [0.2, 0.25) is 10.0 Å². The third-order valence-electron chi connectivity index (χ3n) is 3.69. The van der Waals surface area contributed by atoms with Crippen LogP contribution < -0.4 is 11.2 Å². The fourth-order valence-corrected chi connectivity index (χ4v) is 2.81. The van der Waals surface area contributed by atoms with Crippen molar-refractivity contribution in [3.05, 3.63) is 45.2 Å². The Morgan fingerprint density at radius 3 is 2.89 bits per heavy atom. The molecule has 0 fully saturated rings. The first-order valence-corrected chi connectivity index (χ1v) is 8.50. The summed E-state index contributed by atoms with van der Waals surface area (Å²) in [5.41, 5.74) is 10.7. The molecule has 12 heteroatoms. The maximum atomic E-state index is 6.14. The second-order valence-electron chi connectivity index (χ2n) is 5.51. The normalized spacial score (nSPS) is 12.6. The van der Waals surface area contributed by atoms with Gasteiger partial charge in [-0.25, -0.2) is 4.63 Å². The van der Waals surface area contributed by atoms with Crippen LogP contribution in [0.25, 0.3) is 5.82 Å². The van der Waals surface area contributed by atoms with E-state index in [9.17, 15) is 0 Å². The van der Waals surface area contributed by atoms with Gasteiger partial charge in [0.15, 0.2) is 0 Å². The summed E-state index contributed by atoms with van der Waals surface area (Å²) in [5.74, 6) is 0.375. The molecule has 1 unspecified atom stereocenters. The molecule has 10 nitrogen and oxygen atoms in total. The number of aromatic nitrogens is 5. The fourth-order valence-electron chi connectivity index (χ4n) is 2.35. The van der Waals surface area contributed by atoms with Crippen LogP contribution in [0.5, 0.6) is 0 Å². The van der Waals surface area contributed by atoms with Crippen LogP contribution in [0.1, 0.15) is 23.0 Å². The number of hydrazone groups is 1. The molecule has 1 aromatic carbocycles. The Morgan fingerprint density at radius 1 is 1.41 bits per heavy atom. The van der Waals surface area contributed by atoms with E-state index in [-0.39, 0.29) is 17.7 Å². The average Bonchev–Trinajstić information content (AvgIpc) is 3.21. The quantitative estimate of drug-likeness (QED) is 0.447. The Bertz CT molecular complexity index is 955. The van der Waals surface area contributed by atoms with Gasteiger partial charge in [0.1, 0.15) is 11.7 Å². The number of methoxy groups -OCH3 is 1. The summed E-state index contributed by atoms with van der Waals surface area (Å²) in [6.07, 6.45) is 1.58. The Hall–Kier alpha value is -2.69. The lowest BCUT2D eigenvalue weighted by Gasteiger charge is -2.14. The van der Waals surface area contributed by atoms with E-state index in [1.54, 1.807) is 31.5 Å². The number of hydrogen-bond acceptors (Lipinski definition) is 9. The van der Waals surface area contributed by atoms with Crippen molar-refractivity contribution >= 4 is 35.2 Å². The molecule has 2 heterocycles. The summed E-state index contributed by atoms with van der Waals surface area (Å²) in [6.45, 7) is 2.12. The number of nitrogens with two attached hydrogens (primary N) is 1. The predicted molar refractivity (Wildman–Crippen MR) is 100 cm³/mol. The van der Waals surface area contributed by atoms with Crippen molar-refractivity contribution in [2.45, 2.75) is 13.0 Å². The second kappa shape index (κ2) is 8.33. The number of halogens is 2. The van der Waals surface area contributed by atoms with Gasteiger partial charge in [-0.1, -0.05) is 34.5 Å². The van der Waals surface area contributed by atoms with Crippen LogP contribution in [0.3, 0.4) is 0 Å². The van der Waals surface area contributed by atoms with Crippen LogP contribution in [-0.2, 0) is 4.74 Å². The molecule has 27 heavy (non-hydrogen) atoms. The standard InChI is InChI=1S/C15H16Cl2N8O2/c1-8-13(21-24-25(8)15-14(18)22-27-23-15)12(7-26-2)20-19-6-9-3-4-10(16)5-11(9)17/h3-6,12,20H,7H2,1-2H3,(H2,18,22). The first kappa shape index (κ1) is 19.1. The van der Waals surface area contributed by atoms with Gasteiger partial charge in [-0.05, 0) is 29.4 Å². The molecule has 0 aliphatic heterocycles. The number of rotatable bonds is 7. The van der Waals surface area contributed by atoms with E-state index in [0.717, 1.165) is 0 Å². The van der Waals surface area contributed by atoms with Crippen molar-refractivity contribution in [2.24, 2.45) is 5.10 Å². The van der Waals surface area contributed by atoms with Gasteiger partial charge >= 0.3 is 0 Å². The molecule has 1 atom stereocenters. The monoisotopic (exact) mass is 410 g/mol. The zero-order chi connectivity index (χ0) is 19.4. The third-order valence-corrected chi connectivity index (χ3v) is 4.25. The van der Waals surface area contributed by atoms with Gasteiger partial charge in [0.05, 0.1) is 23.5 Å². The molecule has 0 saturated carbocycles. The smallest absolute Gasteiger partial charge is 0.243 e. The number of ether oxygens (including phenoxy) is 1. The molecule has 0 bridgehead atoms. The van der Waals surface area contributed by atoms with Crippen molar-refractivity contribution < 1.29 is 9.37 Å². The van der Waals surface area contributed by atoms with E-state index in [0.29, 0.717) is 33.6 Å². The van der Waals surface area contributed by atoms with Crippen LogP contribution >= 0.6 is 23.2 Å². The van der Waals surface area contributed by atoms with Crippen LogP contribution in [0.15, 0.2) is 27.9 Å². The van der Waals surface area contributed by atoms with Gasteiger partial charge in [-0.3, -0.25) is 5.43 Å². The number of nitrogens with one attached hydrogen (secondary N) is 1. The van der Waals surface area contributed by atoms with Crippen molar-refractivity contribution in [1.82, 2.24) is 30.7 Å². The van der Waals surface area contributed by atoms with E-state index in [2.05, 4.69) is 35.8 Å². The molecule has 2 aromatic heterocycles. The van der Waals surface area contributed by atoms with Gasteiger partial charge < -0.3 is 10.5 Å². The van der Waals surface area contributed by atoms with Gasteiger partial charge in [0.25, 0.3) is 0 Å². The molecule has 0 saturated heterocycles. The van der Waals surface area contributed by atoms with Gasteiger partial charge in [-0.15, -0.1) is 5.10 Å². The number of hydrogen-bond donors (Lipinski definition) is 2. The van der Waals surface area contributed by atoms with Crippen molar-refractivity contribution in [3.63, 3.8) is 0 Å². The van der Waals surface area contributed by atoms with Gasteiger partial charge in [0, 0.05) is 17.7 Å². The maximum absolute atomic E-state index is 6.14. The number of benzene rings is 1. The Labute approximate surface area is 164 Å². The van der Waals surface area contributed by atoms with E-state index >= 15 is 0 Å². The zero-order valence-corrected chi connectivity index (χ0v) is 15.9. The fraction of sp³-hybridized carbons (Fsp3) is 0.267. The third kappa shape index (κ3) is 4.18. The molecule has 0 aliphatic carbocycles. The zero-order valence-electron chi connectivity index (χ0n) is 14.4. The first-order valence-electron chi connectivity index (χ1n) is 7.74. The first-order chi connectivity index (χ1) is 13.0. The summed E-state index contributed by atoms with van der Waals surface area (Å²) in [5, 5.41) is 20.8. The SMILES string of the molecule is COCC(NN=Cc1ccc(Cl)cc1Cl)c1nnn(-c2nonc2N)c1C. The Kier molecular flexibility index (Phi) is 5.89. The highest BCUT2D eigenvalue weighted by atomic mass is 35.5. The van der Waals surface area contributed by atoms with E-state index in [1.165, 1.54) is 4.68 Å². The average molecular weight is 411 g/mol. The lowest BCUT2D eigenvalue weighted by atomic mass is 10.2. The Morgan fingerprint density at radius 2 is 2.22 bits per heavy atom. The lowest BCUT2D eigenvalue weighted by molar-refractivity contribution is 0.166. The highest BCUT2D eigenvalue weighted by molar-refractivity contribution is 6.36. The van der Waals surface area contributed by atoms with Crippen molar-refractivity contribution in [3.8, 4) is 5.82 Å². The number of nitrogen functional groups attached to an aromatic ring is 1. The molecule has 0 spiro atoms. The summed E-state index contributed by atoms with van der Waals surface area (Å²) < 4.78 is 11.3. The molecule has 0 radical (unpaired) electrons. The summed E-state index contributed by atoms with van der Waals surface area (Å²) in [6, 6.07) is 4.77. The van der Waals surface area contributed by atoms with Crippen LogP contribution in [0, 0.1) is 6.92 Å². The van der Waals surface area contributed by atoms with Crippen LogP contribution in [0.4, 0.5) is 5.82 Å². The molecule has 3 N–H and O–H groups in total. The van der Waals surface area contributed by atoms with Crippen molar-refractivity contribution in [2.75, 3.05) is 19.5 Å². The second-order valence-corrected chi connectivity index (χ2v) is 6.35. The molecule has 0 amide bonds. The lowest BCUT2D eigenvalue weighted by Crippen LogP contribution is -2.22. The van der Waals surface area contributed by atoms with Gasteiger partial charge in [0.2, 0.25) is 11.6 Å². The topological polar surface area (TPSA) is 129 Å². The molecule has 0 aliphatic rings. The molecular formula is C15H16Cl2N8O2. The Balaban J connectivity index is 1.81. The number of nitrogens with zero attached hydrogens (tertiary/aromatic N) is 6. The predicted octanol–water partition coefficient (Wildman–Crippen LogP) is 2.16. The highest BCUT2D eigenvalue weighted by Crippen LogP contribution is 2.21. The largest absolute Gasteiger partial charge is 0.382 e. The molecule has 3 aromatic rings. The minimum atomic E-state index is -0.368. The minimum Gasteiger partial charge on any atom is -0.382 e. The van der Waals surface area contributed by atoms with E-state index in [1.807, 2.05) is 6.92 Å². The minimum absolute atomic E-state index is 0.112. The molecule has 142 valence electrons. The van der Waals surface area contributed by atoms with Crippen molar-refractivity contribution in [1.29, 1.82) is 0 Å². The summed E-state index contributed by atoms with van der Waals surface area (Å²) >= 11 is 12.0. The van der Waals surface area contributed by atoms with Gasteiger partial charge in [-0.2, -0.15) is 9.78 Å². The maximum Gasteiger partial charge on any atom is 0.243 e. The molecular weight excluding hydrogens is 395 g/mol.